The van der Waals surface area contributed by atoms with Gasteiger partial charge in [-0.15, -0.1) is 12.4 Å². The molecule has 0 aromatic heterocycles. The van der Waals surface area contributed by atoms with Gasteiger partial charge in [-0.25, -0.2) is 4.79 Å². The molecule has 0 radical (unpaired) electrons. The summed E-state index contributed by atoms with van der Waals surface area (Å²) in [6, 6.07) is 3.28. The van der Waals surface area contributed by atoms with Crippen LogP contribution in [0.15, 0.2) is 18.2 Å². The first-order valence-corrected chi connectivity index (χ1v) is 4.84. The average Bonchev–Trinajstić information content (AvgIpc) is 2.28. The van der Waals surface area contributed by atoms with Crippen LogP contribution in [-0.2, 0) is 9.53 Å². The third kappa shape index (κ3) is 3.90. The lowest BCUT2D eigenvalue weighted by Crippen LogP contribution is -2.16. The van der Waals surface area contributed by atoms with E-state index in [1.165, 1.54) is 25.3 Å². The van der Waals surface area contributed by atoms with Gasteiger partial charge >= 0.3 is 11.9 Å². The number of benzene rings is 1. The third-order valence-corrected chi connectivity index (χ3v) is 2.29. The minimum absolute atomic E-state index is 0. The van der Waals surface area contributed by atoms with E-state index in [9.17, 15) is 14.7 Å². The summed E-state index contributed by atoms with van der Waals surface area (Å²) in [7, 11) is 1.24. The van der Waals surface area contributed by atoms with Crippen molar-refractivity contribution in [2.24, 2.45) is 5.73 Å². The van der Waals surface area contributed by atoms with E-state index < -0.39 is 18.0 Å². The van der Waals surface area contributed by atoms with E-state index in [1.807, 2.05) is 0 Å². The molecule has 0 amide bonds. The first-order chi connectivity index (χ1) is 7.95. The van der Waals surface area contributed by atoms with E-state index >= 15 is 0 Å². The van der Waals surface area contributed by atoms with Gasteiger partial charge in [0, 0.05) is 6.04 Å². The van der Waals surface area contributed by atoms with E-state index in [1.54, 1.807) is 0 Å². The Labute approximate surface area is 110 Å². The van der Waals surface area contributed by atoms with Gasteiger partial charge < -0.3 is 20.7 Å². The van der Waals surface area contributed by atoms with Crippen LogP contribution in [0.2, 0.25) is 0 Å². The Kier molecular flexibility index (Phi) is 6.15. The highest BCUT2D eigenvalue weighted by Crippen LogP contribution is 2.23. The van der Waals surface area contributed by atoms with E-state index in [0.29, 0.717) is 5.56 Å². The van der Waals surface area contributed by atoms with Crippen LogP contribution in [-0.4, -0.2) is 29.3 Å². The van der Waals surface area contributed by atoms with Crippen LogP contribution in [0.3, 0.4) is 0 Å². The Morgan fingerprint density at radius 3 is 2.56 bits per heavy atom. The monoisotopic (exact) mass is 275 g/mol. The van der Waals surface area contributed by atoms with Crippen molar-refractivity contribution in [2.45, 2.75) is 12.5 Å². The largest absolute Gasteiger partial charge is 0.507 e. The summed E-state index contributed by atoms with van der Waals surface area (Å²) in [5.74, 6) is -2.08. The van der Waals surface area contributed by atoms with E-state index in [0.717, 1.165) is 0 Å². The molecule has 1 aromatic carbocycles. The van der Waals surface area contributed by atoms with Gasteiger partial charge in [-0.3, -0.25) is 4.79 Å². The van der Waals surface area contributed by atoms with Gasteiger partial charge in [-0.05, 0) is 17.7 Å². The first kappa shape index (κ1) is 16.2. The number of carboxylic acids is 1. The smallest absolute Gasteiger partial charge is 0.339 e. The van der Waals surface area contributed by atoms with Crippen LogP contribution in [0.1, 0.15) is 28.4 Å². The second-order valence-electron chi connectivity index (χ2n) is 3.47. The van der Waals surface area contributed by atoms with Crippen molar-refractivity contribution >= 4 is 24.3 Å². The Morgan fingerprint density at radius 1 is 1.44 bits per heavy atom. The molecule has 0 aliphatic carbocycles. The molecule has 4 N–H and O–H groups in total. The summed E-state index contributed by atoms with van der Waals surface area (Å²) in [6.45, 7) is 0. The molecule has 1 atom stereocenters. The van der Waals surface area contributed by atoms with Gasteiger partial charge in [0.05, 0.1) is 13.5 Å². The normalized spacial score (nSPS) is 11.2. The highest BCUT2D eigenvalue weighted by atomic mass is 35.5. The maximum atomic E-state index is 11.0. The number of hydrogen-bond donors (Lipinski definition) is 3. The molecular weight excluding hydrogens is 262 g/mol. The Morgan fingerprint density at radius 2 is 2.06 bits per heavy atom. The summed E-state index contributed by atoms with van der Waals surface area (Å²) in [6.07, 6.45) is -0.0552. The summed E-state index contributed by atoms with van der Waals surface area (Å²) in [4.78, 5) is 21.8. The van der Waals surface area contributed by atoms with Crippen molar-refractivity contribution in [3.8, 4) is 5.75 Å². The minimum Gasteiger partial charge on any atom is -0.507 e. The highest BCUT2D eigenvalue weighted by Gasteiger charge is 2.16. The van der Waals surface area contributed by atoms with Crippen LogP contribution in [0.5, 0.6) is 5.75 Å². The molecule has 0 aliphatic rings. The fraction of sp³-hybridized carbons (Fsp3) is 0.273. The third-order valence-electron chi connectivity index (χ3n) is 2.29. The zero-order chi connectivity index (χ0) is 13.0. The van der Waals surface area contributed by atoms with Gasteiger partial charge in [0.25, 0.3) is 0 Å². The molecular formula is C11H14ClNO5. The zero-order valence-electron chi connectivity index (χ0n) is 9.62. The second-order valence-corrected chi connectivity index (χ2v) is 3.47. The maximum absolute atomic E-state index is 11.0. The molecule has 7 heteroatoms. The Balaban J connectivity index is 0.00000289. The average molecular weight is 276 g/mol. The highest BCUT2D eigenvalue weighted by molar-refractivity contribution is 5.91. The van der Waals surface area contributed by atoms with Crippen LogP contribution in [0.4, 0.5) is 0 Å². The molecule has 18 heavy (non-hydrogen) atoms. The quantitative estimate of drug-likeness (QED) is 0.709. The minimum atomic E-state index is -1.25. The number of rotatable bonds is 4. The number of aromatic hydroxyl groups is 1. The van der Waals surface area contributed by atoms with E-state index in [-0.39, 0.29) is 30.1 Å². The molecule has 1 rings (SSSR count). The van der Waals surface area contributed by atoms with Crippen LogP contribution in [0, 0.1) is 0 Å². The lowest BCUT2D eigenvalue weighted by molar-refractivity contribution is -0.141. The van der Waals surface area contributed by atoms with Crippen LogP contribution < -0.4 is 5.73 Å². The predicted molar refractivity (Wildman–Crippen MR) is 65.9 cm³/mol. The maximum Gasteiger partial charge on any atom is 0.339 e. The predicted octanol–water partition coefficient (Wildman–Crippen LogP) is 1.08. The van der Waals surface area contributed by atoms with Crippen molar-refractivity contribution in [1.82, 2.24) is 0 Å². The van der Waals surface area contributed by atoms with Gasteiger partial charge in [-0.2, -0.15) is 0 Å². The van der Waals surface area contributed by atoms with E-state index in [2.05, 4.69) is 4.74 Å². The molecule has 0 spiro atoms. The molecule has 0 saturated heterocycles. The fourth-order valence-corrected chi connectivity index (χ4v) is 1.34. The molecule has 0 unspecified atom stereocenters. The summed E-state index contributed by atoms with van der Waals surface area (Å²) in [5, 5.41) is 18.1. The zero-order valence-corrected chi connectivity index (χ0v) is 10.4. The van der Waals surface area contributed by atoms with E-state index in [4.69, 9.17) is 10.8 Å². The standard InChI is InChI=1S/C11H13NO5.ClH/c1-17-10(14)5-8(12)6-2-3-9(13)7(4-6)11(15)16;/h2-4,8,13H,5,12H2,1H3,(H,15,16);1H/t8-;/m1./s1. The molecule has 0 fully saturated rings. The fourth-order valence-electron chi connectivity index (χ4n) is 1.34. The van der Waals surface area contributed by atoms with Crippen molar-refractivity contribution in [1.29, 1.82) is 0 Å². The number of carbonyl (C=O) groups excluding carboxylic acids is 1. The molecule has 6 nitrogen and oxygen atoms in total. The molecule has 0 aliphatic heterocycles. The number of nitrogens with two attached hydrogens (primary N) is 1. The number of methoxy groups -OCH3 is 1. The number of carbonyl (C=O) groups is 2. The lowest BCUT2D eigenvalue weighted by atomic mass is 10.0. The molecule has 0 saturated carbocycles. The number of carboxylic acid groups (broad SMARTS) is 1. The molecule has 0 bridgehead atoms. The van der Waals surface area contributed by atoms with Gasteiger partial charge in [-0.1, -0.05) is 6.07 Å². The second kappa shape index (κ2) is 6.83. The SMILES string of the molecule is COC(=O)C[C@@H](N)c1ccc(O)c(C(=O)O)c1.Cl. The molecule has 100 valence electrons. The van der Waals surface area contributed by atoms with Crippen LogP contribution >= 0.6 is 12.4 Å². The number of phenols is 1. The summed E-state index contributed by atoms with van der Waals surface area (Å²) >= 11 is 0. The Hall–Kier alpha value is -1.79. The number of halogens is 1. The van der Waals surface area contributed by atoms with Crippen LogP contribution in [0.25, 0.3) is 0 Å². The summed E-state index contributed by atoms with van der Waals surface area (Å²) < 4.78 is 4.46. The number of hydrogen-bond acceptors (Lipinski definition) is 5. The first-order valence-electron chi connectivity index (χ1n) is 4.84. The number of aromatic carboxylic acids is 1. The van der Waals surface area contributed by atoms with Crippen molar-refractivity contribution in [3.63, 3.8) is 0 Å². The molecule has 1 aromatic rings. The Bertz CT molecular complexity index is 449. The number of ether oxygens (including phenoxy) is 1. The van der Waals surface area contributed by atoms with Gasteiger partial charge in [0.2, 0.25) is 0 Å². The number of esters is 1. The topological polar surface area (TPSA) is 110 Å². The van der Waals surface area contributed by atoms with Crippen molar-refractivity contribution < 1.29 is 24.5 Å². The lowest BCUT2D eigenvalue weighted by Gasteiger charge is -2.11. The van der Waals surface area contributed by atoms with Crippen molar-refractivity contribution in [3.05, 3.63) is 29.3 Å². The van der Waals surface area contributed by atoms with Gasteiger partial charge in [0.1, 0.15) is 11.3 Å². The van der Waals surface area contributed by atoms with Crippen molar-refractivity contribution in [2.75, 3.05) is 7.11 Å². The molecule has 0 heterocycles. The van der Waals surface area contributed by atoms with Gasteiger partial charge in [0.15, 0.2) is 0 Å². The summed E-state index contributed by atoms with van der Waals surface area (Å²) in [5.41, 5.74) is 5.92.